The maximum absolute atomic E-state index is 11.3. The Bertz CT molecular complexity index is 707. The minimum Gasteiger partial charge on any atom is -0.461 e. The summed E-state index contributed by atoms with van der Waals surface area (Å²) in [7, 11) is 0. The van der Waals surface area contributed by atoms with Crippen molar-refractivity contribution in [3.8, 4) is 0 Å². The Hall–Kier alpha value is -2.09. The van der Waals surface area contributed by atoms with Crippen molar-refractivity contribution in [2.45, 2.75) is 80.3 Å². The molecule has 2 aromatic carbocycles. The highest BCUT2D eigenvalue weighted by Gasteiger charge is 2.08. The average Bonchev–Trinajstić information content (AvgIpc) is 2.66. The Labute approximate surface area is 178 Å². The van der Waals surface area contributed by atoms with E-state index in [1.807, 2.05) is 26.0 Å². The van der Waals surface area contributed by atoms with Gasteiger partial charge in [-0.15, -0.1) is 0 Å². The highest BCUT2D eigenvalue weighted by Crippen LogP contribution is 2.17. The molecule has 0 aliphatic heterocycles. The van der Waals surface area contributed by atoms with E-state index in [0.29, 0.717) is 18.4 Å². The van der Waals surface area contributed by atoms with E-state index >= 15 is 0 Å². The predicted octanol–water partition coefficient (Wildman–Crippen LogP) is 7.52. The molecule has 0 saturated carbocycles. The molecule has 0 heterocycles. The molecule has 160 valence electrons. The average molecular weight is 397 g/mol. The number of esters is 1. The lowest BCUT2D eigenvalue weighted by Gasteiger charge is -2.09. The molecular formula is C27H40O2. The third-order valence-corrected chi connectivity index (χ3v) is 4.79. The van der Waals surface area contributed by atoms with E-state index in [1.54, 1.807) is 0 Å². The molecule has 0 N–H and O–H groups in total. The van der Waals surface area contributed by atoms with Crippen molar-refractivity contribution < 1.29 is 9.53 Å². The molecule has 2 nitrogen and oxygen atoms in total. The molecule has 0 atom stereocenters. The van der Waals surface area contributed by atoms with Gasteiger partial charge in [0, 0.05) is 0 Å². The molecule has 0 amide bonds. The van der Waals surface area contributed by atoms with Crippen LogP contribution in [0.2, 0.25) is 0 Å². The summed E-state index contributed by atoms with van der Waals surface area (Å²) < 4.78 is 5.15. The first-order valence-corrected chi connectivity index (χ1v) is 10.9. The van der Waals surface area contributed by atoms with Crippen LogP contribution in [0.1, 0.15) is 89.5 Å². The fourth-order valence-corrected chi connectivity index (χ4v) is 2.83. The van der Waals surface area contributed by atoms with Gasteiger partial charge in [-0.25, -0.2) is 0 Å². The van der Waals surface area contributed by atoms with Crippen molar-refractivity contribution in [3.05, 3.63) is 70.8 Å². The van der Waals surface area contributed by atoms with Gasteiger partial charge in [-0.1, -0.05) is 104 Å². The van der Waals surface area contributed by atoms with E-state index in [9.17, 15) is 4.79 Å². The Morgan fingerprint density at radius 2 is 1.10 bits per heavy atom. The SMILES string of the molecule is CC(C)C(=O)OCc1ccc(C(C)C)cc1.CC(C)Cc1ccc(C(C)C)cc1. The molecule has 29 heavy (non-hydrogen) atoms. The second-order valence-corrected chi connectivity index (χ2v) is 9.15. The van der Waals surface area contributed by atoms with Gasteiger partial charge in [0.25, 0.3) is 0 Å². The molecule has 0 saturated heterocycles. The number of carbonyl (C=O) groups is 1. The topological polar surface area (TPSA) is 26.3 Å². The smallest absolute Gasteiger partial charge is 0.308 e. The summed E-state index contributed by atoms with van der Waals surface area (Å²) in [4.78, 5) is 11.3. The third-order valence-electron chi connectivity index (χ3n) is 4.79. The van der Waals surface area contributed by atoms with Crippen molar-refractivity contribution in [1.29, 1.82) is 0 Å². The number of rotatable bonds is 7. The van der Waals surface area contributed by atoms with E-state index in [-0.39, 0.29) is 11.9 Å². The molecule has 0 fully saturated rings. The second kappa shape index (κ2) is 12.5. The summed E-state index contributed by atoms with van der Waals surface area (Å²) >= 11 is 0. The van der Waals surface area contributed by atoms with Crippen molar-refractivity contribution in [3.63, 3.8) is 0 Å². The van der Waals surface area contributed by atoms with Crippen molar-refractivity contribution in [1.82, 2.24) is 0 Å². The Balaban J connectivity index is 0.000000296. The van der Waals surface area contributed by atoms with Gasteiger partial charge in [0.2, 0.25) is 0 Å². The lowest BCUT2D eigenvalue weighted by molar-refractivity contribution is -0.148. The molecule has 2 aromatic rings. The van der Waals surface area contributed by atoms with E-state index in [4.69, 9.17) is 4.74 Å². The summed E-state index contributed by atoms with van der Waals surface area (Å²) in [5.74, 6) is 1.73. The van der Waals surface area contributed by atoms with Crippen LogP contribution in [0.25, 0.3) is 0 Å². The van der Waals surface area contributed by atoms with E-state index in [2.05, 4.69) is 77.9 Å². The lowest BCUT2D eigenvalue weighted by atomic mass is 9.98. The second-order valence-electron chi connectivity index (χ2n) is 9.15. The maximum atomic E-state index is 11.3. The van der Waals surface area contributed by atoms with Gasteiger partial charge in [-0.2, -0.15) is 0 Å². The Kier molecular flexibility index (Phi) is 10.7. The monoisotopic (exact) mass is 396 g/mol. The normalized spacial score (nSPS) is 11.0. The predicted molar refractivity (Wildman–Crippen MR) is 124 cm³/mol. The summed E-state index contributed by atoms with van der Waals surface area (Å²) in [6, 6.07) is 17.2. The van der Waals surface area contributed by atoms with Crippen LogP contribution in [0.3, 0.4) is 0 Å². The van der Waals surface area contributed by atoms with Crippen LogP contribution < -0.4 is 0 Å². The number of benzene rings is 2. The summed E-state index contributed by atoms with van der Waals surface area (Å²) in [6.45, 7) is 17.4. The van der Waals surface area contributed by atoms with Crippen LogP contribution in [0.15, 0.2) is 48.5 Å². The standard InChI is InChI=1S/C14H20O2.C13H20/c1-10(2)13-7-5-12(6-8-13)9-16-14(15)11(3)4;1-10(2)9-12-5-7-13(8-6-12)11(3)4/h5-8,10-11H,9H2,1-4H3;5-8,10-11H,9H2,1-4H3. The molecular weight excluding hydrogens is 356 g/mol. The van der Waals surface area contributed by atoms with E-state index in [0.717, 1.165) is 11.5 Å². The Morgan fingerprint density at radius 1 is 0.690 bits per heavy atom. The fourth-order valence-electron chi connectivity index (χ4n) is 2.83. The fraction of sp³-hybridized carbons (Fsp3) is 0.519. The van der Waals surface area contributed by atoms with Crippen LogP contribution >= 0.6 is 0 Å². The molecule has 2 rings (SSSR count). The van der Waals surface area contributed by atoms with Gasteiger partial charge in [0.05, 0.1) is 5.92 Å². The lowest BCUT2D eigenvalue weighted by Crippen LogP contribution is -2.11. The van der Waals surface area contributed by atoms with Crippen molar-refractivity contribution in [2.24, 2.45) is 11.8 Å². The van der Waals surface area contributed by atoms with Crippen LogP contribution in [-0.4, -0.2) is 5.97 Å². The number of carbonyl (C=O) groups excluding carboxylic acids is 1. The van der Waals surface area contributed by atoms with Gasteiger partial charge < -0.3 is 4.74 Å². The van der Waals surface area contributed by atoms with Gasteiger partial charge in [0.1, 0.15) is 6.61 Å². The molecule has 0 bridgehead atoms. The minimum atomic E-state index is -0.145. The zero-order chi connectivity index (χ0) is 22.0. The number of hydrogen-bond acceptors (Lipinski definition) is 2. The van der Waals surface area contributed by atoms with Gasteiger partial charge >= 0.3 is 5.97 Å². The first-order chi connectivity index (χ1) is 13.6. The summed E-state index contributed by atoms with van der Waals surface area (Å²) in [6.07, 6.45) is 1.19. The maximum Gasteiger partial charge on any atom is 0.308 e. The van der Waals surface area contributed by atoms with E-state index < -0.39 is 0 Å². The Morgan fingerprint density at radius 3 is 1.45 bits per heavy atom. The first kappa shape index (κ1) is 24.9. The summed E-state index contributed by atoms with van der Waals surface area (Å²) in [5.41, 5.74) is 5.24. The number of hydrogen-bond donors (Lipinski definition) is 0. The van der Waals surface area contributed by atoms with Gasteiger partial charge in [-0.05, 0) is 46.4 Å². The largest absolute Gasteiger partial charge is 0.461 e. The van der Waals surface area contributed by atoms with Crippen molar-refractivity contribution >= 4 is 5.97 Å². The molecule has 0 aliphatic rings. The highest BCUT2D eigenvalue weighted by atomic mass is 16.5. The molecule has 0 aromatic heterocycles. The quantitative estimate of drug-likeness (QED) is 0.452. The number of ether oxygens (including phenoxy) is 1. The molecule has 0 unspecified atom stereocenters. The molecule has 2 heteroatoms. The van der Waals surface area contributed by atoms with Crippen LogP contribution in [-0.2, 0) is 22.6 Å². The van der Waals surface area contributed by atoms with Crippen LogP contribution in [0.5, 0.6) is 0 Å². The minimum absolute atomic E-state index is 0.0602. The van der Waals surface area contributed by atoms with Crippen LogP contribution in [0.4, 0.5) is 0 Å². The van der Waals surface area contributed by atoms with E-state index in [1.165, 1.54) is 23.1 Å². The first-order valence-electron chi connectivity index (χ1n) is 10.9. The molecule has 0 aliphatic carbocycles. The van der Waals surface area contributed by atoms with Gasteiger partial charge in [0.15, 0.2) is 0 Å². The van der Waals surface area contributed by atoms with Crippen LogP contribution in [0, 0.1) is 11.8 Å². The molecule has 0 spiro atoms. The summed E-state index contributed by atoms with van der Waals surface area (Å²) in [5, 5.41) is 0. The van der Waals surface area contributed by atoms with Crippen molar-refractivity contribution in [2.75, 3.05) is 0 Å². The highest BCUT2D eigenvalue weighted by molar-refractivity contribution is 5.71. The van der Waals surface area contributed by atoms with Gasteiger partial charge in [-0.3, -0.25) is 4.79 Å². The zero-order valence-electron chi connectivity index (χ0n) is 19.7. The zero-order valence-corrected chi connectivity index (χ0v) is 19.7. The molecule has 0 radical (unpaired) electrons. The third kappa shape index (κ3) is 9.78.